The van der Waals surface area contributed by atoms with E-state index in [1.165, 1.54) is 42.4 Å². The first-order chi connectivity index (χ1) is 12.3. The third-order valence-corrected chi connectivity index (χ3v) is 6.00. The molecule has 0 aliphatic rings. The van der Waals surface area contributed by atoms with Gasteiger partial charge in [-0.15, -0.1) is 0 Å². The predicted octanol–water partition coefficient (Wildman–Crippen LogP) is 3.02. The normalized spacial score (nSPS) is 11.5. The van der Waals surface area contributed by atoms with Crippen LogP contribution in [0, 0.1) is 6.92 Å². The van der Waals surface area contributed by atoms with Crippen LogP contribution in [-0.2, 0) is 21.2 Å². The van der Waals surface area contributed by atoms with E-state index in [-0.39, 0.29) is 17.3 Å². The fourth-order valence-corrected chi connectivity index (χ4v) is 3.77. The van der Waals surface area contributed by atoms with Crippen molar-refractivity contribution in [2.24, 2.45) is 0 Å². The number of benzene rings is 2. The Kier molecular flexibility index (Phi) is 7.20. The van der Waals surface area contributed by atoms with Gasteiger partial charge in [-0.3, -0.25) is 4.79 Å². The minimum atomic E-state index is -3.72. The van der Waals surface area contributed by atoms with Crippen LogP contribution >= 0.6 is 11.6 Å². The monoisotopic (exact) mass is 394 g/mol. The third-order valence-electron chi connectivity index (χ3n) is 3.93. The lowest BCUT2D eigenvalue weighted by molar-refractivity contribution is -0.121. The van der Waals surface area contributed by atoms with Crippen molar-refractivity contribution in [2.45, 2.75) is 24.7 Å². The maximum absolute atomic E-state index is 12.4. The standard InChI is InChI=1S/C19H23ClN2O3S/c1-15-5-3-6-16(13-15)7-4-12-21-19(23)14-22(2)26(24,25)18-10-8-17(20)9-11-18/h3,5-6,8-11,13H,4,7,12,14H2,1-2H3,(H,21,23). The lowest BCUT2D eigenvalue weighted by atomic mass is 10.1. The Morgan fingerprint density at radius 3 is 2.50 bits per heavy atom. The molecule has 2 aromatic rings. The van der Waals surface area contributed by atoms with Crippen LogP contribution in [0.1, 0.15) is 17.5 Å². The summed E-state index contributed by atoms with van der Waals surface area (Å²) in [5, 5.41) is 3.22. The molecular weight excluding hydrogens is 372 g/mol. The Balaban J connectivity index is 1.80. The van der Waals surface area contributed by atoms with Gasteiger partial charge in [0.15, 0.2) is 0 Å². The first-order valence-electron chi connectivity index (χ1n) is 8.33. The fourth-order valence-electron chi connectivity index (χ4n) is 2.52. The van der Waals surface area contributed by atoms with Crippen molar-refractivity contribution in [2.75, 3.05) is 20.1 Å². The van der Waals surface area contributed by atoms with Gasteiger partial charge >= 0.3 is 0 Å². The zero-order chi connectivity index (χ0) is 19.2. The van der Waals surface area contributed by atoms with E-state index in [0.717, 1.165) is 17.1 Å². The lowest BCUT2D eigenvalue weighted by Gasteiger charge is -2.17. The second kappa shape index (κ2) is 9.16. The molecule has 0 saturated heterocycles. The molecule has 1 amide bonds. The summed E-state index contributed by atoms with van der Waals surface area (Å²) in [6, 6.07) is 14.1. The van der Waals surface area contributed by atoms with E-state index in [1.807, 2.05) is 19.1 Å². The molecule has 2 rings (SSSR count). The second-order valence-electron chi connectivity index (χ2n) is 6.16. The highest BCUT2D eigenvalue weighted by Gasteiger charge is 2.22. The summed E-state index contributed by atoms with van der Waals surface area (Å²) < 4.78 is 25.9. The van der Waals surface area contributed by atoms with Gasteiger partial charge < -0.3 is 5.32 Å². The Bertz CT molecular complexity index is 851. The molecule has 0 atom stereocenters. The summed E-state index contributed by atoms with van der Waals surface area (Å²) in [4.78, 5) is 12.1. The number of amides is 1. The van der Waals surface area contributed by atoms with E-state index in [2.05, 4.69) is 17.4 Å². The summed E-state index contributed by atoms with van der Waals surface area (Å²) in [6.45, 7) is 2.32. The number of rotatable bonds is 8. The quantitative estimate of drug-likeness (QED) is 0.700. The smallest absolute Gasteiger partial charge is 0.243 e. The van der Waals surface area contributed by atoms with Crippen LogP contribution < -0.4 is 5.32 Å². The van der Waals surface area contributed by atoms with Crippen molar-refractivity contribution in [3.05, 3.63) is 64.7 Å². The highest BCUT2D eigenvalue weighted by atomic mass is 35.5. The maximum Gasteiger partial charge on any atom is 0.243 e. The number of hydrogen-bond acceptors (Lipinski definition) is 3. The molecule has 0 aliphatic heterocycles. The van der Waals surface area contributed by atoms with Crippen LogP contribution in [0.2, 0.25) is 5.02 Å². The number of nitrogens with zero attached hydrogens (tertiary/aromatic N) is 1. The minimum absolute atomic E-state index is 0.108. The van der Waals surface area contributed by atoms with Gasteiger partial charge in [0.1, 0.15) is 0 Å². The predicted molar refractivity (Wildman–Crippen MR) is 104 cm³/mol. The largest absolute Gasteiger partial charge is 0.355 e. The van der Waals surface area contributed by atoms with E-state index in [4.69, 9.17) is 11.6 Å². The average Bonchev–Trinajstić information content (AvgIpc) is 2.59. The number of nitrogens with one attached hydrogen (secondary N) is 1. The molecule has 1 N–H and O–H groups in total. The Morgan fingerprint density at radius 1 is 1.15 bits per heavy atom. The van der Waals surface area contributed by atoms with Crippen LogP contribution in [-0.4, -0.2) is 38.8 Å². The van der Waals surface area contributed by atoms with Gasteiger partial charge in [0.25, 0.3) is 0 Å². The van der Waals surface area contributed by atoms with Crippen molar-refractivity contribution < 1.29 is 13.2 Å². The molecule has 0 aliphatic carbocycles. The molecule has 5 nitrogen and oxygen atoms in total. The van der Waals surface area contributed by atoms with Crippen LogP contribution in [0.5, 0.6) is 0 Å². The molecule has 26 heavy (non-hydrogen) atoms. The number of aryl methyl sites for hydroxylation is 2. The summed E-state index contributed by atoms with van der Waals surface area (Å²) in [6.07, 6.45) is 1.66. The van der Waals surface area contributed by atoms with Gasteiger partial charge in [0.2, 0.25) is 15.9 Å². The summed E-state index contributed by atoms with van der Waals surface area (Å²) in [5.41, 5.74) is 2.43. The number of likely N-dealkylation sites (N-methyl/N-ethyl adjacent to an activating group) is 1. The summed E-state index contributed by atoms with van der Waals surface area (Å²) in [7, 11) is -2.33. The zero-order valence-electron chi connectivity index (χ0n) is 14.9. The Hall–Kier alpha value is -1.89. The van der Waals surface area contributed by atoms with Crippen LogP contribution in [0.25, 0.3) is 0 Å². The fraction of sp³-hybridized carbons (Fsp3) is 0.316. The SMILES string of the molecule is Cc1cccc(CCCNC(=O)CN(C)S(=O)(=O)c2ccc(Cl)cc2)c1. The highest BCUT2D eigenvalue weighted by Crippen LogP contribution is 2.17. The maximum atomic E-state index is 12.4. The molecule has 2 aromatic carbocycles. The summed E-state index contributed by atoms with van der Waals surface area (Å²) in [5.74, 6) is -0.325. The highest BCUT2D eigenvalue weighted by molar-refractivity contribution is 7.89. The van der Waals surface area contributed by atoms with E-state index in [1.54, 1.807) is 0 Å². The molecule has 7 heteroatoms. The lowest BCUT2D eigenvalue weighted by Crippen LogP contribution is -2.38. The molecule has 0 spiro atoms. The number of carbonyl (C=O) groups is 1. The number of halogens is 1. The number of hydrogen-bond donors (Lipinski definition) is 1. The van der Waals surface area contributed by atoms with Crippen LogP contribution in [0.4, 0.5) is 0 Å². The summed E-state index contributed by atoms with van der Waals surface area (Å²) >= 11 is 5.78. The zero-order valence-corrected chi connectivity index (χ0v) is 16.5. The van der Waals surface area contributed by atoms with E-state index < -0.39 is 10.0 Å². The first kappa shape index (κ1) is 20.4. The second-order valence-corrected chi connectivity index (χ2v) is 8.64. The van der Waals surface area contributed by atoms with Gasteiger partial charge in [0.05, 0.1) is 11.4 Å². The molecular formula is C19H23ClN2O3S. The number of sulfonamides is 1. The van der Waals surface area contributed by atoms with E-state index in [0.29, 0.717) is 11.6 Å². The molecule has 0 radical (unpaired) electrons. The van der Waals surface area contributed by atoms with Crippen molar-refractivity contribution in [1.29, 1.82) is 0 Å². The van der Waals surface area contributed by atoms with Gasteiger partial charge in [-0.25, -0.2) is 8.42 Å². The van der Waals surface area contributed by atoms with Gasteiger partial charge in [-0.2, -0.15) is 4.31 Å². The van der Waals surface area contributed by atoms with Gasteiger partial charge in [-0.1, -0.05) is 41.4 Å². The molecule has 0 bridgehead atoms. The van der Waals surface area contributed by atoms with Crippen LogP contribution in [0.3, 0.4) is 0 Å². The molecule has 0 heterocycles. The molecule has 140 valence electrons. The van der Waals surface area contributed by atoms with E-state index >= 15 is 0 Å². The van der Waals surface area contributed by atoms with Crippen LogP contribution in [0.15, 0.2) is 53.4 Å². The van der Waals surface area contributed by atoms with Gasteiger partial charge in [-0.05, 0) is 49.6 Å². The minimum Gasteiger partial charge on any atom is -0.355 e. The number of carbonyl (C=O) groups excluding carboxylic acids is 1. The van der Waals surface area contributed by atoms with Crippen molar-refractivity contribution in [3.8, 4) is 0 Å². The Labute approximate surface area is 160 Å². The molecule has 0 saturated carbocycles. The Morgan fingerprint density at radius 2 is 1.85 bits per heavy atom. The van der Waals surface area contributed by atoms with Crippen molar-refractivity contribution in [3.63, 3.8) is 0 Å². The van der Waals surface area contributed by atoms with Crippen molar-refractivity contribution in [1.82, 2.24) is 9.62 Å². The average molecular weight is 395 g/mol. The van der Waals surface area contributed by atoms with E-state index in [9.17, 15) is 13.2 Å². The van der Waals surface area contributed by atoms with Crippen molar-refractivity contribution >= 4 is 27.5 Å². The first-order valence-corrected chi connectivity index (χ1v) is 10.1. The molecule has 0 unspecified atom stereocenters. The topological polar surface area (TPSA) is 66.5 Å². The molecule has 0 fully saturated rings. The van der Waals surface area contributed by atoms with Gasteiger partial charge in [0, 0.05) is 18.6 Å². The third kappa shape index (κ3) is 5.83. The molecule has 0 aromatic heterocycles.